The zero-order chi connectivity index (χ0) is 0. The summed E-state index contributed by atoms with van der Waals surface area (Å²) >= 11 is 0. The molecule has 0 aromatic carbocycles. The van der Waals surface area contributed by atoms with Crippen molar-refractivity contribution >= 4 is 17.4 Å². The normalized spacial score (nSPS) is 0. The van der Waals surface area contributed by atoms with E-state index in [1.165, 1.54) is 0 Å². The van der Waals surface area contributed by atoms with E-state index in [1.54, 1.807) is 0 Å². The Morgan fingerprint density at radius 2 is 1.00 bits per heavy atom. The molecular formula is AlCeCrFe. The van der Waals surface area contributed by atoms with Gasteiger partial charge in [0.15, 0.2) is 0 Å². The van der Waals surface area contributed by atoms with Gasteiger partial charge >= 0.3 is 0 Å². The molecular weight excluding hydrogens is 275 g/mol. The van der Waals surface area contributed by atoms with Gasteiger partial charge in [0, 0.05) is 93.5 Å². The van der Waals surface area contributed by atoms with Gasteiger partial charge in [0.1, 0.15) is 0 Å². The summed E-state index contributed by atoms with van der Waals surface area (Å²) in [5.74, 6) is 0. The maximum absolute atomic E-state index is 0. The fourth-order valence-corrected chi connectivity index (χ4v) is 0. The second-order valence-electron chi connectivity index (χ2n) is 0. The van der Waals surface area contributed by atoms with E-state index in [9.17, 15) is 0 Å². The van der Waals surface area contributed by atoms with Crippen LogP contribution in [0.2, 0.25) is 0 Å². The first kappa shape index (κ1) is 28.2. The van der Waals surface area contributed by atoms with E-state index >= 15 is 0 Å². The van der Waals surface area contributed by atoms with E-state index in [0.29, 0.717) is 0 Å². The average Bonchev–Trinajstić information content (AvgIpc) is 0. The van der Waals surface area contributed by atoms with Gasteiger partial charge in [-0.25, -0.2) is 0 Å². The molecule has 0 amide bonds. The number of rotatable bonds is 0. The molecule has 0 nitrogen and oxygen atoms in total. The van der Waals surface area contributed by atoms with Gasteiger partial charge in [-0.05, 0) is 0 Å². The minimum absolute atomic E-state index is 0. The summed E-state index contributed by atoms with van der Waals surface area (Å²) in [4.78, 5) is 0. The second-order valence-corrected chi connectivity index (χ2v) is 0. The van der Waals surface area contributed by atoms with Crippen LogP contribution in [0.4, 0.5) is 0 Å². The van der Waals surface area contributed by atoms with Crippen molar-refractivity contribution in [1.29, 1.82) is 0 Å². The van der Waals surface area contributed by atoms with Crippen LogP contribution in [0.25, 0.3) is 0 Å². The van der Waals surface area contributed by atoms with Crippen molar-refractivity contribution in [3.8, 4) is 0 Å². The molecule has 0 rings (SSSR count). The molecule has 0 aliphatic heterocycles. The third-order valence-corrected chi connectivity index (χ3v) is 0. The van der Waals surface area contributed by atoms with Crippen LogP contribution in [0.1, 0.15) is 0 Å². The fourth-order valence-electron chi connectivity index (χ4n) is 0. The number of hydrogen-bond donors (Lipinski definition) is 0. The molecule has 0 aliphatic carbocycles. The summed E-state index contributed by atoms with van der Waals surface area (Å²) in [7, 11) is 0. The van der Waals surface area contributed by atoms with Crippen LogP contribution in [0.5, 0.6) is 0 Å². The molecule has 3 radical (unpaired) electrons. The summed E-state index contributed by atoms with van der Waals surface area (Å²) < 4.78 is 0. The topological polar surface area (TPSA) is 0 Å². The molecule has 0 fully saturated rings. The summed E-state index contributed by atoms with van der Waals surface area (Å²) in [5, 5.41) is 0. The average molecular weight is 275 g/mol. The Morgan fingerprint density at radius 1 is 1.00 bits per heavy atom. The van der Waals surface area contributed by atoms with Crippen molar-refractivity contribution in [1.82, 2.24) is 0 Å². The van der Waals surface area contributed by atoms with Gasteiger partial charge in [0.2, 0.25) is 0 Å². The Kier molecular flexibility index (Phi) is 118. The van der Waals surface area contributed by atoms with Gasteiger partial charge in [-0.2, -0.15) is 0 Å². The van der Waals surface area contributed by atoms with Gasteiger partial charge in [-0.15, -0.1) is 0 Å². The van der Waals surface area contributed by atoms with Crippen LogP contribution >= 0.6 is 0 Å². The van der Waals surface area contributed by atoms with E-state index in [4.69, 9.17) is 0 Å². The van der Waals surface area contributed by atoms with Crippen molar-refractivity contribution in [2.75, 3.05) is 0 Å². The molecule has 4 heavy (non-hydrogen) atoms. The van der Waals surface area contributed by atoms with Crippen LogP contribution in [0.15, 0.2) is 0 Å². The smallest absolute Gasteiger partial charge is 0 e. The van der Waals surface area contributed by atoms with Gasteiger partial charge in [-0.1, -0.05) is 0 Å². The third-order valence-electron chi connectivity index (χ3n) is 0. The first-order chi connectivity index (χ1) is 0. The van der Waals surface area contributed by atoms with Gasteiger partial charge in [0.05, 0.1) is 0 Å². The maximum Gasteiger partial charge on any atom is 0 e. The molecule has 0 saturated heterocycles. The monoisotopic (exact) mass is 275 g/mol. The van der Waals surface area contributed by atoms with Crippen molar-refractivity contribution < 1.29 is 76.2 Å². The Hall–Kier alpha value is 2.96. The first-order valence-electron chi connectivity index (χ1n) is 0. The summed E-state index contributed by atoms with van der Waals surface area (Å²) in [6, 6.07) is 0. The molecule has 0 bridgehead atoms. The predicted octanol–water partition coefficient (Wildman–Crippen LogP) is -0.386. The van der Waals surface area contributed by atoms with E-state index in [2.05, 4.69) is 0 Å². The van der Waals surface area contributed by atoms with Crippen molar-refractivity contribution in [2.24, 2.45) is 0 Å². The first-order valence-corrected chi connectivity index (χ1v) is 0. The van der Waals surface area contributed by atoms with Crippen LogP contribution < -0.4 is 0 Å². The Morgan fingerprint density at radius 3 is 1.00 bits per heavy atom. The molecule has 0 atom stereocenters. The van der Waals surface area contributed by atoms with Crippen molar-refractivity contribution in [3.05, 3.63) is 0 Å². The third kappa shape index (κ3) is 8.88. The Bertz CT molecular complexity index is 8.00. The van der Waals surface area contributed by atoms with Crippen molar-refractivity contribution in [3.63, 3.8) is 0 Å². The minimum atomic E-state index is 0. The SMILES string of the molecule is [Al].[Ce].[Cr].[Fe]. The number of hydrogen-bond acceptors (Lipinski definition) is 0. The van der Waals surface area contributed by atoms with E-state index in [1.807, 2.05) is 0 Å². The van der Waals surface area contributed by atoms with E-state index in [0.717, 1.165) is 0 Å². The molecule has 0 heterocycles. The minimum Gasteiger partial charge on any atom is 0 e. The van der Waals surface area contributed by atoms with Gasteiger partial charge in [0.25, 0.3) is 0 Å². The van der Waals surface area contributed by atoms with Crippen molar-refractivity contribution in [2.45, 2.75) is 0 Å². The standard InChI is InChI=1S/Al.Ce.Cr.Fe. The zero-order valence-corrected chi connectivity index (χ0v) is 8.51. The molecule has 4 heteroatoms. The summed E-state index contributed by atoms with van der Waals surface area (Å²) in [6.07, 6.45) is 0. The summed E-state index contributed by atoms with van der Waals surface area (Å²) in [6.45, 7) is 0. The molecule has 0 N–H and O–H groups in total. The second kappa shape index (κ2) is 16.7. The van der Waals surface area contributed by atoms with E-state index in [-0.39, 0.29) is 93.5 Å². The molecule has 0 saturated carbocycles. The largest absolute Gasteiger partial charge is 0 e. The molecule has 0 unspecified atom stereocenters. The molecule has 21 valence electrons. The van der Waals surface area contributed by atoms with Crippen LogP contribution in [0, 0.1) is 41.7 Å². The zero-order valence-electron chi connectivity index (χ0n) is 1.84. The van der Waals surface area contributed by atoms with Crippen LogP contribution in [-0.2, 0) is 34.4 Å². The molecule has 0 spiro atoms. The molecule has 0 aromatic heterocycles. The van der Waals surface area contributed by atoms with E-state index < -0.39 is 0 Å². The fraction of sp³-hybridized carbons (Fsp3) is 0. The van der Waals surface area contributed by atoms with Crippen LogP contribution in [-0.4, -0.2) is 17.4 Å². The van der Waals surface area contributed by atoms with Crippen LogP contribution in [0.3, 0.4) is 0 Å². The Labute approximate surface area is 91.6 Å². The Balaban J connectivity index is 0. The summed E-state index contributed by atoms with van der Waals surface area (Å²) in [5.41, 5.74) is 0. The van der Waals surface area contributed by atoms with Gasteiger partial charge < -0.3 is 0 Å². The quantitative estimate of drug-likeness (QED) is 0.528. The molecule has 0 aromatic rings. The maximum atomic E-state index is 0. The van der Waals surface area contributed by atoms with Gasteiger partial charge in [-0.3, -0.25) is 0 Å². The predicted molar refractivity (Wildman–Crippen MR) is 5.75 cm³/mol. The molecule has 0 aliphatic rings.